The minimum Gasteiger partial charge on any atom is -0.311 e. The molecule has 1 aromatic carbocycles. The van der Waals surface area contributed by atoms with Gasteiger partial charge in [0.15, 0.2) is 0 Å². The zero-order valence-electron chi connectivity index (χ0n) is 12.7. The molecule has 2 fully saturated rings. The van der Waals surface area contributed by atoms with E-state index < -0.39 is 0 Å². The van der Waals surface area contributed by atoms with Gasteiger partial charge in [0.1, 0.15) is 0 Å². The van der Waals surface area contributed by atoms with Gasteiger partial charge in [0.05, 0.1) is 11.5 Å². The van der Waals surface area contributed by atoms with Gasteiger partial charge in [-0.05, 0) is 43.9 Å². The molecule has 0 amide bonds. The molecule has 0 spiro atoms. The van der Waals surface area contributed by atoms with Crippen LogP contribution in [0.1, 0.15) is 44.1 Å². The summed E-state index contributed by atoms with van der Waals surface area (Å²) in [5.41, 5.74) is 0.947. The van der Waals surface area contributed by atoms with Crippen molar-refractivity contribution in [2.75, 3.05) is 6.26 Å². The van der Waals surface area contributed by atoms with Gasteiger partial charge in [-0.25, -0.2) is 0 Å². The van der Waals surface area contributed by atoms with Crippen LogP contribution in [0, 0.1) is 11.3 Å². The fourth-order valence-electron chi connectivity index (χ4n) is 3.89. The maximum absolute atomic E-state index is 9.61. The fourth-order valence-corrected chi connectivity index (χ4v) is 4.72. The van der Waals surface area contributed by atoms with Crippen molar-refractivity contribution >= 4 is 11.8 Å². The quantitative estimate of drug-likeness (QED) is 0.917. The van der Waals surface area contributed by atoms with E-state index in [1.54, 1.807) is 0 Å². The van der Waals surface area contributed by atoms with Gasteiger partial charge in [-0.2, -0.15) is 17.0 Å². The molecule has 2 nitrogen and oxygen atoms in total. The molecule has 0 aliphatic heterocycles. The summed E-state index contributed by atoms with van der Waals surface area (Å²) in [7, 11) is 0. The van der Waals surface area contributed by atoms with Gasteiger partial charge in [-0.15, -0.1) is 0 Å². The fraction of sp³-hybridized carbons (Fsp3) is 0.611. The number of thioether (sulfide) groups is 1. The highest BCUT2D eigenvalue weighted by Crippen LogP contribution is 2.44. The standard InChI is InChI=1S/C18H24N2S/c1-21-17-9-5-8-15(10-17)20-16-11-18(12-16,13-19)14-6-3-2-4-7-14/h2-4,6-7,15-17,20H,5,8-12H2,1H3. The van der Waals surface area contributed by atoms with E-state index in [9.17, 15) is 5.26 Å². The molecule has 0 saturated heterocycles. The van der Waals surface area contributed by atoms with Gasteiger partial charge in [-0.1, -0.05) is 36.8 Å². The van der Waals surface area contributed by atoms with Crippen LogP contribution < -0.4 is 5.32 Å². The second-order valence-electron chi connectivity index (χ2n) is 6.55. The molecule has 2 aliphatic rings. The van der Waals surface area contributed by atoms with E-state index in [0.29, 0.717) is 12.1 Å². The topological polar surface area (TPSA) is 35.8 Å². The summed E-state index contributed by atoms with van der Waals surface area (Å²) in [4.78, 5) is 0. The van der Waals surface area contributed by atoms with E-state index in [1.165, 1.54) is 31.2 Å². The Bertz CT molecular complexity index is 502. The van der Waals surface area contributed by atoms with Gasteiger partial charge in [0, 0.05) is 17.3 Å². The maximum Gasteiger partial charge on any atom is 0.0852 e. The molecule has 1 aromatic rings. The largest absolute Gasteiger partial charge is 0.311 e. The zero-order valence-corrected chi connectivity index (χ0v) is 13.5. The number of nitrogens with one attached hydrogen (secondary N) is 1. The second kappa shape index (κ2) is 6.42. The van der Waals surface area contributed by atoms with E-state index >= 15 is 0 Å². The highest BCUT2D eigenvalue weighted by atomic mass is 32.2. The Labute approximate surface area is 132 Å². The first kappa shape index (κ1) is 14.9. The molecule has 3 heteroatoms. The van der Waals surface area contributed by atoms with E-state index in [-0.39, 0.29) is 5.41 Å². The van der Waals surface area contributed by atoms with Gasteiger partial charge in [-0.3, -0.25) is 0 Å². The van der Waals surface area contributed by atoms with Crippen LogP contribution in [0.4, 0.5) is 0 Å². The Morgan fingerprint density at radius 3 is 2.62 bits per heavy atom. The van der Waals surface area contributed by atoms with Crippen molar-refractivity contribution in [1.29, 1.82) is 5.26 Å². The van der Waals surface area contributed by atoms with Gasteiger partial charge >= 0.3 is 0 Å². The van der Waals surface area contributed by atoms with Crippen LogP contribution in [-0.4, -0.2) is 23.6 Å². The third-order valence-corrected chi connectivity index (χ3v) is 6.26. The lowest BCUT2D eigenvalue weighted by molar-refractivity contribution is 0.195. The molecule has 2 saturated carbocycles. The normalized spacial score (nSPS) is 35.7. The van der Waals surface area contributed by atoms with Crippen LogP contribution in [0.2, 0.25) is 0 Å². The summed E-state index contributed by atoms with van der Waals surface area (Å²) < 4.78 is 0. The molecule has 21 heavy (non-hydrogen) atoms. The lowest BCUT2D eigenvalue weighted by Crippen LogP contribution is -2.54. The molecule has 0 aromatic heterocycles. The van der Waals surface area contributed by atoms with Crippen molar-refractivity contribution in [3.63, 3.8) is 0 Å². The molecule has 0 radical (unpaired) electrons. The van der Waals surface area contributed by atoms with Crippen LogP contribution in [0.15, 0.2) is 30.3 Å². The molecule has 2 atom stereocenters. The van der Waals surface area contributed by atoms with Crippen molar-refractivity contribution in [2.24, 2.45) is 0 Å². The number of benzene rings is 1. The SMILES string of the molecule is CSC1CCCC(NC2CC(C#N)(c3ccccc3)C2)C1. The van der Waals surface area contributed by atoms with Crippen molar-refractivity contribution < 1.29 is 0 Å². The van der Waals surface area contributed by atoms with Crippen LogP contribution in [0.25, 0.3) is 0 Å². The average Bonchev–Trinajstić information content (AvgIpc) is 2.51. The number of nitriles is 1. The van der Waals surface area contributed by atoms with Gasteiger partial charge in [0.2, 0.25) is 0 Å². The molecule has 2 unspecified atom stereocenters. The highest BCUT2D eigenvalue weighted by Gasteiger charge is 2.46. The Morgan fingerprint density at radius 1 is 1.19 bits per heavy atom. The van der Waals surface area contributed by atoms with Crippen LogP contribution >= 0.6 is 11.8 Å². The predicted molar refractivity (Wildman–Crippen MR) is 89.4 cm³/mol. The molecule has 3 rings (SSSR count). The predicted octanol–water partition coefficient (Wildman–Crippen LogP) is 3.87. The highest BCUT2D eigenvalue weighted by molar-refractivity contribution is 7.99. The summed E-state index contributed by atoms with van der Waals surface area (Å²) in [6, 6.07) is 14.1. The number of rotatable bonds is 4. The minimum absolute atomic E-state index is 0.244. The molecule has 2 aliphatic carbocycles. The average molecular weight is 300 g/mol. The summed E-state index contributed by atoms with van der Waals surface area (Å²) >= 11 is 2.01. The third-order valence-electron chi connectivity index (χ3n) is 5.16. The van der Waals surface area contributed by atoms with Gasteiger partial charge in [0.25, 0.3) is 0 Å². The van der Waals surface area contributed by atoms with Crippen molar-refractivity contribution in [2.45, 2.75) is 61.3 Å². The Hall–Kier alpha value is -0.980. The molecule has 112 valence electrons. The van der Waals surface area contributed by atoms with E-state index in [4.69, 9.17) is 0 Å². The zero-order chi connectivity index (χ0) is 14.7. The first-order valence-corrected chi connectivity index (χ1v) is 9.30. The molecule has 1 N–H and O–H groups in total. The molecular formula is C18H24N2S. The maximum atomic E-state index is 9.61. The van der Waals surface area contributed by atoms with Gasteiger partial charge < -0.3 is 5.32 Å². The lowest BCUT2D eigenvalue weighted by Gasteiger charge is -2.45. The Kier molecular flexibility index (Phi) is 4.57. The Morgan fingerprint density at radius 2 is 1.95 bits per heavy atom. The summed E-state index contributed by atoms with van der Waals surface area (Å²) in [6.45, 7) is 0. The molecule has 0 bridgehead atoms. The van der Waals surface area contributed by atoms with Crippen LogP contribution in [0.5, 0.6) is 0 Å². The molecular weight excluding hydrogens is 276 g/mol. The number of hydrogen-bond acceptors (Lipinski definition) is 3. The monoisotopic (exact) mass is 300 g/mol. The molecule has 0 heterocycles. The lowest BCUT2D eigenvalue weighted by atomic mass is 9.62. The second-order valence-corrected chi connectivity index (χ2v) is 7.69. The summed E-state index contributed by atoms with van der Waals surface area (Å²) in [5.74, 6) is 0. The van der Waals surface area contributed by atoms with E-state index in [2.05, 4.69) is 29.8 Å². The number of hydrogen-bond donors (Lipinski definition) is 1. The van der Waals surface area contributed by atoms with E-state index in [1.807, 2.05) is 30.0 Å². The first-order chi connectivity index (χ1) is 10.3. The Balaban J connectivity index is 1.56. The van der Waals surface area contributed by atoms with Crippen LogP contribution in [-0.2, 0) is 5.41 Å². The third kappa shape index (κ3) is 3.12. The summed E-state index contributed by atoms with van der Waals surface area (Å²) in [5, 5.41) is 14.3. The van der Waals surface area contributed by atoms with Crippen molar-refractivity contribution in [1.82, 2.24) is 5.32 Å². The van der Waals surface area contributed by atoms with Crippen LogP contribution in [0.3, 0.4) is 0 Å². The minimum atomic E-state index is -0.244. The summed E-state index contributed by atoms with van der Waals surface area (Å²) in [6.07, 6.45) is 9.48. The van der Waals surface area contributed by atoms with Crippen molar-refractivity contribution in [3.8, 4) is 6.07 Å². The first-order valence-electron chi connectivity index (χ1n) is 8.01. The number of nitrogens with zero attached hydrogens (tertiary/aromatic N) is 1. The van der Waals surface area contributed by atoms with E-state index in [0.717, 1.165) is 18.1 Å². The smallest absolute Gasteiger partial charge is 0.0852 e. The van der Waals surface area contributed by atoms with Crippen molar-refractivity contribution in [3.05, 3.63) is 35.9 Å².